The fraction of sp³-hybridized carbons (Fsp3) is 0.632. The van der Waals surface area contributed by atoms with Crippen molar-refractivity contribution >= 4 is 5.91 Å². The molecule has 1 aliphatic carbocycles. The Kier molecular flexibility index (Phi) is 4.07. The maximum atomic E-state index is 13.7. The van der Waals surface area contributed by atoms with Crippen LogP contribution in [0.15, 0.2) is 18.2 Å². The Hall–Kier alpha value is -1.49. The molecule has 0 radical (unpaired) electrons. The number of ether oxygens (including phenoxy) is 1. The highest BCUT2D eigenvalue weighted by Gasteiger charge is 2.59. The van der Waals surface area contributed by atoms with Crippen LogP contribution in [0.4, 0.5) is 8.78 Å². The first-order valence-electron chi connectivity index (χ1n) is 8.90. The van der Waals surface area contributed by atoms with E-state index < -0.39 is 11.6 Å². The summed E-state index contributed by atoms with van der Waals surface area (Å²) in [7, 11) is 0. The molecule has 2 aliphatic heterocycles. The average Bonchev–Trinajstić information content (AvgIpc) is 3.38. The Balaban J connectivity index is 1.40. The number of amides is 1. The van der Waals surface area contributed by atoms with Crippen LogP contribution in [-0.2, 0) is 16.0 Å². The number of carbonyl (C=O) groups excluding carboxylic acids is 1. The van der Waals surface area contributed by atoms with Gasteiger partial charge in [0, 0.05) is 37.6 Å². The van der Waals surface area contributed by atoms with Crippen molar-refractivity contribution < 1.29 is 18.3 Å². The van der Waals surface area contributed by atoms with E-state index in [1.165, 1.54) is 18.9 Å². The molecule has 0 bridgehead atoms. The summed E-state index contributed by atoms with van der Waals surface area (Å²) in [5.74, 6) is -0.188. The van der Waals surface area contributed by atoms with Gasteiger partial charge in [0.15, 0.2) is 0 Å². The van der Waals surface area contributed by atoms with Gasteiger partial charge in [0.2, 0.25) is 5.91 Å². The molecule has 1 atom stereocenters. The van der Waals surface area contributed by atoms with Crippen molar-refractivity contribution in [1.82, 2.24) is 4.90 Å². The third-order valence-corrected chi connectivity index (χ3v) is 5.94. The molecule has 0 aromatic heterocycles. The molecule has 3 nitrogen and oxygen atoms in total. The van der Waals surface area contributed by atoms with Gasteiger partial charge in [-0.2, -0.15) is 0 Å². The summed E-state index contributed by atoms with van der Waals surface area (Å²) in [4.78, 5) is 14.6. The summed E-state index contributed by atoms with van der Waals surface area (Å²) in [6.07, 6.45) is 4.99. The van der Waals surface area contributed by atoms with Gasteiger partial charge in [-0.05, 0) is 61.8 Å². The topological polar surface area (TPSA) is 29.5 Å². The van der Waals surface area contributed by atoms with Crippen LogP contribution in [0.1, 0.15) is 37.7 Å². The maximum Gasteiger partial charge on any atom is 0.223 e. The molecule has 130 valence electrons. The summed E-state index contributed by atoms with van der Waals surface area (Å²) >= 11 is 0. The number of hydrogen-bond acceptors (Lipinski definition) is 2. The molecule has 3 fully saturated rings. The van der Waals surface area contributed by atoms with E-state index in [1.54, 1.807) is 0 Å². The number of nitrogens with zero attached hydrogens (tertiary/aromatic N) is 1. The van der Waals surface area contributed by atoms with E-state index in [0.29, 0.717) is 12.0 Å². The lowest BCUT2D eigenvalue weighted by Gasteiger charge is -2.59. The zero-order valence-corrected chi connectivity index (χ0v) is 13.8. The lowest BCUT2D eigenvalue weighted by molar-refractivity contribution is -0.171. The van der Waals surface area contributed by atoms with Crippen LogP contribution in [0.5, 0.6) is 0 Å². The molecular formula is C19H23F2NO2. The number of likely N-dealkylation sites (tertiary alicyclic amines) is 1. The van der Waals surface area contributed by atoms with Gasteiger partial charge in [0.05, 0.1) is 0 Å². The third kappa shape index (κ3) is 2.83. The summed E-state index contributed by atoms with van der Waals surface area (Å²) in [5.41, 5.74) is 0.534. The fourth-order valence-corrected chi connectivity index (χ4v) is 4.51. The lowest BCUT2D eigenvalue weighted by atomic mass is 9.64. The van der Waals surface area contributed by atoms with E-state index in [-0.39, 0.29) is 29.7 Å². The van der Waals surface area contributed by atoms with E-state index in [9.17, 15) is 13.6 Å². The molecule has 5 heteroatoms. The van der Waals surface area contributed by atoms with Gasteiger partial charge in [-0.15, -0.1) is 0 Å². The summed E-state index contributed by atoms with van der Waals surface area (Å²) in [5, 5.41) is 0. The monoisotopic (exact) mass is 335 g/mol. The number of aryl methyl sites for hydroxylation is 1. The van der Waals surface area contributed by atoms with Crippen LogP contribution in [0.25, 0.3) is 0 Å². The van der Waals surface area contributed by atoms with Gasteiger partial charge in [-0.1, -0.05) is 0 Å². The van der Waals surface area contributed by atoms with Gasteiger partial charge in [0.1, 0.15) is 11.6 Å². The quantitative estimate of drug-likeness (QED) is 0.845. The van der Waals surface area contributed by atoms with Crippen molar-refractivity contribution in [3.05, 3.63) is 35.4 Å². The summed E-state index contributed by atoms with van der Waals surface area (Å²) in [6.45, 7) is 2.39. The number of halogens is 2. The van der Waals surface area contributed by atoms with E-state index in [1.807, 2.05) is 4.90 Å². The highest BCUT2D eigenvalue weighted by Crippen LogP contribution is 2.55. The van der Waals surface area contributed by atoms with Gasteiger partial charge >= 0.3 is 0 Å². The molecule has 2 saturated heterocycles. The second kappa shape index (κ2) is 6.10. The normalized spacial score (nSPS) is 25.6. The van der Waals surface area contributed by atoms with Gasteiger partial charge < -0.3 is 9.64 Å². The SMILES string of the molecule is O=C(CCc1cc(F)ccc1F)N1CC2(CCOCC2)C1C1CC1. The predicted octanol–water partition coefficient (Wildman–Crippen LogP) is 3.32. The fourth-order valence-electron chi connectivity index (χ4n) is 4.51. The van der Waals surface area contributed by atoms with E-state index in [2.05, 4.69) is 0 Å². The highest BCUT2D eigenvalue weighted by atomic mass is 19.1. The largest absolute Gasteiger partial charge is 0.381 e. The van der Waals surface area contributed by atoms with Crippen LogP contribution in [-0.4, -0.2) is 36.6 Å². The predicted molar refractivity (Wildman–Crippen MR) is 85.4 cm³/mol. The Labute approximate surface area is 141 Å². The van der Waals surface area contributed by atoms with E-state index in [4.69, 9.17) is 4.74 Å². The minimum Gasteiger partial charge on any atom is -0.381 e. The van der Waals surface area contributed by atoms with Crippen molar-refractivity contribution in [2.75, 3.05) is 19.8 Å². The number of carbonyl (C=O) groups is 1. The number of rotatable bonds is 4. The Morgan fingerprint density at radius 1 is 1.25 bits per heavy atom. The van der Waals surface area contributed by atoms with Crippen LogP contribution >= 0.6 is 0 Å². The zero-order valence-electron chi connectivity index (χ0n) is 13.8. The molecule has 3 aliphatic rings. The highest BCUT2D eigenvalue weighted by molar-refractivity contribution is 5.78. The first-order chi connectivity index (χ1) is 11.6. The minimum atomic E-state index is -0.459. The molecule has 1 unspecified atom stereocenters. The minimum absolute atomic E-state index is 0.0766. The second-order valence-corrected chi connectivity index (χ2v) is 7.51. The molecule has 4 rings (SSSR count). The van der Waals surface area contributed by atoms with Gasteiger partial charge in [-0.25, -0.2) is 8.78 Å². The second-order valence-electron chi connectivity index (χ2n) is 7.51. The van der Waals surface area contributed by atoms with Crippen molar-refractivity contribution in [3.63, 3.8) is 0 Å². The van der Waals surface area contributed by atoms with Gasteiger partial charge in [0.25, 0.3) is 0 Å². The van der Waals surface area contributed by atoms with E-state index in [0.717, 1.165) is 44.7 Å². The molecule has 2 heterocycles. The van der Waals surface area contributed by atoms with E-state index >= 15 is 0 Å². The Bertz CT molecular complexity index is 638. The third-order valence-electron chi connectivity index (χ3n) is 5.94. The smallest absolute Gasteiger partial charge is 0.223 e. The first-order valence-corrected chi connectivity index (χ1v) is 8.90. The zero-order chi connectivity index (χ0) is 16.7. The van der Waals surface area contributed by atoms with Crippen molar-refractivity contribution in [2.24, 2.45) is 11.3 Å². The average molecular weight is 335 g/mol. The van der Waals surface area contributed by atoms with Crippen LogP contribution < -0.4 is 0 Å². The lowest BCUT2D eigenvalue weighted by Crippen LogP contribution is -2.68. The summed E-state index contributed by atoms with van der Waals surface area (Å²) in [6, 6.07) is 3.76. The van der Waals surface area contributed by atoms with Crippen LogP contribution in [0.3, 0.4) is 0 Å². The van der Waals surface area contributed by atoms with Crippen LogP contribution in [0.2, 0.25) is 0 Å². The van der Waals surface area contributed by atoms with Crippen LogP contribution in [0, 0.1) is 23.0 Å². The molecule has 1 spiro atoms. The molecular weight excluding hydrogens is 312 g/mol. The molecule has 1 saturated carbocycles. The molecule has 24 heavy (non-hydrogen) atoms. The molecule has 1 aromatic rings. The number of hydrogen-bond donors (Lipinski definition) is 0. The maximum absolute atomic E-state index is 13.7. The summed E-state index contributed by atoms with van der Waals surface area (Å²) < 4.78 is 32.5. The van der Waals surface area contributed by atoms with Gasteiger partial charge in [-0.3, -0.25) is 4.79 Å². The molecule has 1 aromatic carbocycles. The number of benzene rings is 1. The molecule has 0 N–H and O–H groups in total. The molecule has 1 amide bonds. The Morgan fingerprint density at radius 3 is 2.71 bits per heavy atom. The Morgan fingerprint density at radius 2 is 2.00 bits per heavy atom. The van der Waals surface area contributed by atoms with Crippen molar-refractivity contribution in [3.8, 4) is 0 Å². The van der Waals surface area contributed by atoms with Crippen molar-refractivity contribution in [1.29, 1.82) is 0 Å². The first kappa shape index (κ1) is 16.0. The van der Waals surface area contributed by atoms with Crippen molar-refractivity contribution in [2.45, 2.75) is 44.6 Å². The standard InChI is InChI=1S/C19H23F2NO2/c20-15-4-5-16(21)14(11-15)3-6-17(23)22-12-19(7-9-24-10-8-19)18(22)13-1-2-13/h4-5,11,13,18H,1-3,6-10,12H2.